The van der Waals surface area contributed by atoms with Crippen LogP contribution in [0.15, 0.2) is 79.0 Å². The highest BCUT2D eigenvalue weighted by molar-refractivity contribution is 6.16. The van der Waals surface area contributed by atoms with E-state index in [1.54, 1.807) is 43.3 Å². The number of carbonyl (C=O) groups is 3. The van der Waals surface area contributed by atoms with Crippen LogP contribution < -0.4 is 4.74 Å². The van der Waals surface area contributed by atoms with Crippen molar-refractivity contribution in [1.29, 1.82) is 0 Å². The summed E-state index contributed by atoms with van der Waals surface area (Å²) in [7, 11) is 0. The number of ether oxygens (including phenoxy) is 2. The Morgan fingerprint density at radius 2 is 1.70 bits per heavy atom. The van der Waals surface area contributed by atoms with Crippen molar-refractivity contribution in [3.63, 3.8) is 0 Å². The summed E-state index contributed by atoms with van der Waals surface area (Å²) in [5.74, 6) is -0.757. The number of aliphatic carboxylic acids is 1. The summed E-state index contributed by atoms with van der Waals surface area (Å²) in [5, 5.41) is 10.7. The zero-order chi connectivity index (χ0) is 28.6. The van der Waals surface area contributed by atoms with Gasteiger partial charge in [-0.2, -0.15) is 0 Å². The van der Waals surface area contributed by atoms with Crippen LogP contribution in [0.3, 0.4) is 0 Å². The lowest BCUT2D eigenvalue weighted by Gasteiger charge is -2.17. The predicted octanol–water partition coefficient (Wildman–Crippen LogP) is 6.62. The fraction of sp³-hybridized carbons (Fsp3) is 0.303. The van der Waals surface area contributed by atoms with Crippen LogP contribution in [0.5, 0.6) is 5.75 Å². The summed E-state index contributed by atoms with van der Waals surface area (Å²) >= 11 is 0. The van der Waals surface area contributed by atoms with E-state index in [1.165, 1.54) is 0 Å². The molecule has 0 spiro atoms. The number of ketones is 1. The molecule has 0 saturated carbocycles. The lowest BCUT2D eigenvalue weighted by molar-refractivity contribution is -0.145. The van der Waals surface area contributed by atoms with Gasteiger partial charge >= 0.3 is 11.9 Å². The Labute approximate surface area is 234 Å². The summed E-state index contributed by atoms with van der Waals surface area (Å²) < 4.78 is 12.9. The molecule has 0 radical (unpaired) electrons. The quantitative estimate of drug-likeness (QED) is 0.151. The third-order valence-electron chi connectivity index (χ3n) is 6.62. The van der Waals surface area contributed by atoms with Gasteiger partial charge < -0.3 is 19.1 Å². The van der Waals surface area contributed by atoms with Crippen LogP contribution in [0.1, 0.15) is 66.8 Å². The molecule has 0 aliphatic heterocycles. The van der Waals surface area contributed by atoms with E-state index >= 15 is 0 Å². The second-order valence-electron chi connectivity index (χ2n) is 10.2. The van der Waals surface area contributed by atoms with E-state index in [0.29, 0.717) is 54.4 Å². The molecule has 0 aliphatic rings. The highest BCUT2D eigenvalue weighted by Gasteiger charge is 2.23. The molecule has 208 valence electrons. The summed E-state index contributed by atoms with van der Waals surface area (Å²) in [4.78, 5) is 37.5. The first kappa shape index (κ1) is 28.6. The average Bonchev–Trinajstić information content (AvgIpc) is 3.30. The van der Waals surface area contributed by atoms with Crippen molar-refractivity contribution in [2.45, 2.75) is 52.7 Å². The third kappa shape index (κ3) is 6.97. The van der Waals surface area contributed by atoms with Crippen LogP contribution in [0, 0.1) is 5.92 Å². The van der Waals surface area contributed by atoms with Crippen LogP contribution in [-0.2, 0) is 27.3 Å². The Morgan fingerprint density at radius 3 is 2.40 bits per heavy atom. The molecular formula is C33H35NO6. The van der Waals surface area contributed by atoms with Gasteiger partial charge in [-0.1, -0.05) is 68.4 Å². The molecule has 1 heterocycles. The van der Waals surface area contributed by atoms with Crippen molar-refractivity contribution in [3.8, 4) is 5.75 Å². The molecule has 7 nitrogen and oxygen atoms in total. The third-order valence-corrected chi connectivity index (χ3v) is 6.62. The van der Waals surface area contributed by atoms with E-state index in [2.05, 4.69) is 13.8 Å². The molecule has 7 heteroatoms. The van der Waals surface area contributed by atoms with Crippen LogP contribution in [0.4, 0.5) is 0 Å². The van der Waals surface area contributed by atoms with Crippen LogP contribution in [-0.4, -0.2) is 34.0 Å². The van der Waals surface area contributed by atoms with Crippen molar-refractivity contribution in [3.05, 3.63) is 101 Å². The van der Waals surface area contributed by atoms with Crippen molar-refractivity contribution in [2.24, 2.45) is 5.92 Å². The number of benzene rings is 3. The topological polar surface area (TPSA) is 94.8 Å². The summed E-state index contributed by atoms with van der Waals surface area (Å²) in [6.07, 6.45) is 2.40. The van der Waals surface area contributed by atoms with Crippen molar-refractivity contribution in [2.75, 3.05) is 6.61 Å². The first-order valence-electron chi connectivity index (χ1n) is 13.6. The Bertz CT molecular complexity index is 1480. The molecule has 0 bridgehead atoms. The van der Waals surface area contributed by atoms with Gasteiger partial charge in [-0.25, -0.2) is 4.79 Å². The number of rotatable bonds is 13. The zero-order valence-corrected chi connectivity index (χ0v) is 23.1. The summed E-state index contributed by atoms with van der Waals surface area (Å²) in [6, 6.07) is 21.7. The fourth-order valence-corrected chi connectivity index (χ4v) is 4.80. The van der Waals surface area contributed by atoms with E-state index in [-0.39, 0.29) is 11.8 Å². The Kier molecular flexibility index (Phi) is 9.38. The first-order chi connectivity index (χ1) is 19.3. The lowest BCUT2D eigenvalue weighted by atomic mass is 10.00. The van der Waals surface area contributed by atoms with E-state index < -0.39 is 12.1 Å². The molecule has 1 unspecified atom stereocenters. The first-order valence-corrected chi connectivity index (χ1v) is 13.6. The van der Waals surface area contributed by atoms with Gasteiger partial charge in [0.25, 0.3) is 0 Å². The summed E-state index contributed by atoms with van der Waals surface area (Å²) in [6.45, 7) is 6.96. The second-order valence-corrected chi connectivity index (χ2v) is 10.2. The largest absolute Gasteiger partial charge is 0.478 e. The number of hydrogen-bond donors (Lipinski definition) is 1. The van der Waals surface area contributed by atoms with Crippen LogP contribution in [0.2, 0.25) is 0 Å². The number of aromatic nitrogens is 1. The van der Waals surface area contributed by atoms with Gasteiger partial charge in [-0.15, -0.1) is 0 Å². The maximum absolute atomic E-state index is 13.6. The minimum atomic E-state index is -1.21. The molecule has 1 aromatic heterocycles. The molecule has 0 fully saturated rings. The molecule has 3 aromatic carbocycles. The Hall–Kier alpha value is -4.39. The molecule has 0 aliphatic carbocycles. The van der Waals surface area contributed by atoms with Crippen LogP contribution >= 0.6 is 0 Å². The van der Waals surface area contributed by atoms with E-state index in [1.807, 2.05) is 47.2 Å². The van der Waals surface area contributed by atoms with E-state index in [0.717, 1.165) is 22.9 Å². The highest BCUT2D eigenvalue weighted by atomic mass is 16.5. The van der Waals surface area contributed by atoms with Gasteiger partial charge in [0.1, 0.15) is 5.75 Å². The fourth-order valence-electron chi connectivity index (χ4n) is 4.80. The summed E-state index contributed by atoms with van der Waals surface area (Å²) in [5.41, 5.74) is 3.48. The molecular weight excluding hydrogens is 506 g/mol. The molecule has 0 saturated heterocycles. The molecule has 4 rings (SSSR count). The number of para-hydroxylation sites is 1. The van der Waals surface area contributed by atoms with Gasteiger partial charge in [0, 0.05) is 46.8 Å². The lowest BCUT2D eigenvalue weighted by Crippen LogP contribution is -2.18. The smallest absolute Gasteiger partial charge is 0.349 e. The SMILES string of the molecule is CCOC(=O)CCCn1cc(C(=O)c2cccc(OC(C(=O)O)c3ccc(CC(C)C)cc3)c2)c2ccccc21. The minimum Gasteiger partial charge on any atom is -0.478 e. The van der Waals surface area contributed by atoms with Crippen molar-refractivity contribution in [1.82, 2.24) is 4.57 Å². The number of aryl methyl sites for hydroxylation is 1. The highest BCUT2D eigenvalue weighted by Crippen LogP contribution is 2.28. The van der Waals surface area contributed by atoms with E-state index in [4.69, 9.17) is 9.47 Å². The van der Waals surface area contributed by atoms with Crippen LogP contribution in [0.25, 0.3) is 10.9 Å². The number of fused-ring (bicyclic) bond motifs is 1. The zero-order valence-electron chi connectivity index (χ0n) is 23.1. The monoisotopic (exact) mass is 541 g/mol. The molecule has 1 atom stereocenters. The maximum Gasteiger partial charge on any atom is 0.349 e. The molecule has 4 aromatic rings. The Morgan fingerprint density at radius 1 is 0.950 bits per heavy atom. The molecule has 0 amide bonds. The van der Waals surface area contributed by atoms with Gasteiger partial charge in [-0.3, -0.25) is 9.59 Å². The van der Waals surface area contributed by atoms with Crippen molar-refractivity contribution >= 4 is 28.6 Å². The maximum atomic E-state index is 13.6. The van der Waals surface area contributed by atoms with Crippen molar-refractivity contribution < 1.29 is 29.0 Å². The minimum absolute atomic E-state index is 0.198. The number of carbonyl (C=O) groups excluding carboxylic acids is 2. The Balaban J connectivity index is 1.55. The molecule has 1 N–H and O–H groups in total. The predicted molar refractivity (Wildman–Crippen MR) is 154 cm³/mol. The van der Waals surface area contributed by atoms with Gasteiger partial charge in [0.2, 0.25) is 6.10 Å². The number of nitrogens with zero attached hydrogens (tertiary/aromatic N) is 1. The number of carboxylic acids is 1. The van der Waals surface area contributed by atoms with Gasteiger partial charge in [0.05, 0.1) is 6.61 Å². The van der Waals surface area contributed by atoms with E-state index in [9.17, 15) is 19.5 Å². The van der Waals surface area contributed by atoms with Gasteiger partial charge in [0.15, 0.2) is 5.78 Å². The number of carboxylic acid groups (broad SMARTS) is 1. The number of hydrogen-bond acceptors (Lipinski definition) is 5. The van der Waals surface area contributed by atoms with Gasteiger partial charge in [-0.05, 0) is 49.4 Å². The average molecular weight is 542 g/mol. The standard InChI is InChI=1S/C33H35NO6/c1-4-39-30(35)13-8-18-34-21-28(27-11-5-6-12-29(27)34)31(36)25-9-7-10-26(20-25)40-32(33(37)38)24-16-14-23(15-17-24)19-22(2)3/h5-7,9-12,14-17,20-22,32H,4,8,13,18-19H2,1-3H3,(H,37,38). The normalized spacial score (nSPS) is 11.9. The molecule has 40 heavy (non-hydrogen) atoms. The number of esters is 1. The second kappa shape index (κ2) is 13.1.